The van der Waals surface area contributed by atoms with Crippen molar-refractivity contribution < 1.29 is 4.79 Å². The molecule has 1 unspecified atom stereocenters. The molecule has 1 aliphatic rings. The Labute approximate surface area is 122 Å². The Kier molecular flexibility index (Phi) is 4.46. The zero-order valence-electron chi connectivity index (χ0n) is 11.1. The summed E-state index contributed by atoms with van der Waals surface area (Å²) in [7, 11) is 0. The highest BCUT2D eigenvalue weighted by Crippen LogP contribution is 2.24. The van der Waals surface area contributed by atoms with Gasteiger partial charge in [-0.05, 0) is 30.3 Å². The fourth-order valence-electron chi connectivity index (χ4n) is 2.26. The molecule has 1 aliphatic heterocycles. The van der Waals surface area contributed by atoms with Crippen molar-refractivity contribution in [3.05, 3.63) is 10.6 Å². The van der Waals surface area contributed by atoms with Gasteiger partial charge in [-0.1, -0.05) is 30.6 Å². The Morgan fingerprint density at radius 3 is 2.95 bits per heavy atom. The molecule has 0 aromatic carbocycles. The summed E-state index contributed by atoms with van der Waals surface area (Å²) < 4.78 is 3.91. The molecule has 0 aliphatic carbocycles. The average molecular weight is 298 g/mol. The first-order valence-electron chi connectivity index (χ1n) is 6.41. The van der Waals surface area contributed by atoms with Gasteiger partial charge < -0.3 is 10.6 Å². The predicted molar refractivity (Wildman–Crippen MR) is 79.4 cm³/mol. The van der Waals surface area contributed by atoms with Gasteiger partial charge in [0.25, 0.3) is 5.91 Å². The summed E-state index contributed by atoms with van der Waals surface area (Å²) in [5.74, 6) is 0.351. The lowest BCUT2D eigenvalue weighted by atomic mass is 9.97. The van der Waals surface area contributed by atoms with Crippen molar-refractivity contribution >= 4 is 34.6 Å². The first kappa shape index (κ1) is 14.3. The monoisotopic (exact) mass is 298 g/mol. The molecule has 1 aromatic rings. The van der Waals surface area contributed by atoms with E-state index in [1.54, 1.807) is 0 Å². The van der Waals surface area contributed by atoms with E-state index >= 15 is 0 Å². The molecule has 5 nitrogen and oxygen atoms in total. The number of hydrogen-bond donors (Lipinski definition) is 1. The molecule has 0 radical (unpaired) electrons. The van der Waals surface area contributed by atoms with Gasteiger partial charge in [0.05, 0.1) is 10.7 Å². The van der Waals surface area contributed by atoms with Crippen LogP contribution in [-0.4, -0.2) is 38.5 Å². The second-order valence-electron chi connectivity index (χ2n) is 5.13. The van der Waals surface area contributed by atoms with Gasteiger partial charge in [-0.3, -0.25) is 4.79 Å². The first-order valence-corrected chi connectivity index (χ1v) is 7.59. The minimum absolute atomic E-state index is 0.0136. The van der Waals surface area contributed by atoms with Crippen molar-refractivity contribution in [2.45, 2.75) is 32.6 Å². The number of piperidine rings is 1. The molecule has 0 saturated carbocycles. The topological polar surface area (TPSA) is 72.1 Å². The van der Waals surface area contributed by atoms with Crippen molar-refractivity contribution in [3.8, 4) is 0 Å². The predicted octanol–water partition coefficient (Wildman–Crippen LogP) is 1.80. The number of nitrogens with zero attached hydrogens (tertiary/aromatic N) is 3. The van der Waals surface area contributed by atoms with Gasteiger partial charge in [0, 0.05) is 19.0 Å². The Bertz CT molecular complexity index is 486. The number of likely N-dealkylation sites (tertiary alicyclic amines) is 1. The summed E-state index contributed by atoms with van der Waals surface area (Å²) in [6, 6.07) is 0. The van der Waals surface area contributed by atoms with Crippen LogP contribution in [0.25, 0.3) is 0 Å². The summed E-state index contributed by atoms with van der Waals surface area (Å²) in [5, 5.41) is 4.06. The third-order valence-corrected chi connectivity index (χ3v) is 4.43. The van der Waals surface area contributed by atoms with Gasteiger partial charge in [-0.15, -0.1) is 5.10 Å². The zero-order valence-corrected chi connectivity index (χ0v) is 12.8. The third kappa shape index (κ3) is 3.09. The lowest BCUT2D eigenvalue weighted by Crippen LogP contribution is -2.43. The second kappa shape index (κ2) is 5.92. The fourth-order valence-corrected chi connectivity index (χ4v) is 3.24. The third-order valence-electron chi connectivity index (χ3n) is 3.37. The quantitative estimate of drug-likeness (QED) is 0.862. The fraction of sp³-hybridized carbons (Fsp3) is 0.667. The molecule has 19 heavy (non-hydrogen) atoms. The Morgan fingerprint density at radius 1 is 1.58 bits per heavy atom. The van der Waals surface area contributed by atoms with Gasteiger partial charge in [-0.25, -0.2) is 0 Å². The number of nitrogens with two attached hydrogens (primary N) is 1. The Morgan fingerprint density at radius 2 is 2.32 bits per heavy atom. The maximum absolute atomic E-state index is 12.5. The molecule has 1 aromatic heterocycles. The molecule has 2 N–H and O–H groups in total. The molecule has 1 saturated heterocycles. The molecular weight excluding hydrogens is 280 g/mol. The van der Waals surface area contributed by atoms with E-state index in [1.165, 1.54) is 11.5 Å². The van der Waals surface area contributed by atoms with Crippen LogP contribution in [0, 0.1) is 5.92 Å². The largest absolute Gasteiger partial charge is 0.393 e. The highest BCUT2D eigenvalue weighted by molar-refractivity contribution is 7.80. The van der Waals surface area contributed by atoms with E-state index in [0.29, 0.717) is 16.4 Å². The summed E-state index contributed by atoms with van der Waals surface area (Å²) >= 11 is 6.21. The zero-order chi connectivity index (χ0) is 14.0. The van der Waals surface area contributed by atoms with Crippen LogP contribution in [0.5, 0.6) is 0 Å². The summed E-state index contributed by atoms with van der Waals surface area (Å²) in [5.41, 5.74) is 6.48. The van der Waals surface area contributed by atoms with Gasteiger partial charge in [0.1, 0.15) is 4.88 Å². The number of thiocarbonyl (C=S) groups is 1. The van der Waals surface area contributed by atoms with Gasteiger partial charge in [0.2, 0.25) is 0 Å². The van der Waals surface area contributed by atoms with Crippen LogP contribution in [-0.2, 0) is 0 Å². The Balaban J connectivity index is 2.15. The molecule has 1 amide bonds. The van der Waals surface area contributed by atoms with Gasteiger partial charge >= 0.3 is 0 Å². The molecule has 0 spiro atoms. The van der Waals surface area contributed by atoms with Crippen LogP contribution < -0.4 is 5.73 Å². The van der Waals surface area contributed by atoms with E-state index in [-0.39, 0.29) is 17.7 Å². The molecule has 2 heterocycles. The number of carbonyl (C=O) groups is 1. The van der Waals surface area contributed by atoms with E-state index in [4.69, 9.17) is 18.0 Å². The van der Waals surface area contributed by atoms with Gasteiger partial charge in [0.15, 0.2) is 0 Å². The molecular formula is C12H18N4OS2. The van der Waals surface area contributed by atoms with Crippen molar-refractivity contribution in [1.82, 2.24) is 14.5 Å². The maximum Gasteiger partial charge on any atom is 0.267 e. The van der Waals surface area contributed by atoms with Crippen molar-refractivity contribution in [1.29, 1.82) is 0 Å². The minimum atomic E-state index is 0.0136. The van der Waals surface area contributed by atoms with Crippen LogP contribution in [0.4, 0.5) is 0 Å². The van der Waals surface area contributed by atoms with Crippen LogP contribution >= 0.6 is 23.8 Å². The molecule has 7 heteroatoms. The highest BCUT2D eigenvalue weighted by atomic mass is 32.1. The van der Waals surface area contributed by atoms with Crippen LogP contribution in [0.1, 0.15) is 48.0 Å². The van der Waals surface area contributed by atoms with E-state index in [9.17, 15) is 4.79 Å². The van der Waals surface area contributed by atoms with E-state index in [2.05, 4.69) is 9.59 Å². The standard InChI is InChI=1S/C12H18N4OS2/c1-7(2)9-10(19-15-14-9)12(17)16-5-3-4-8(6-16)11(13)18/h7-8H,3-6H2,1-2H3,(H2,13,18). The number of aromatic nitrogens is 2. The smallest absolute Gasteiger partial charge is 0.267 e. The lowest BCUT2D eigenvalue weighted by molar-refractivity contribution is 0.0707. The van der Waals surface area contributed by atoms with Gasteiger partial charge in [-0.2, -0.15) is 0 Å². The van der Waals surface area contributed by atoms with Crippen molar-refractivity contribution in [2.24, 2.45) is 11.7 Å². The normalized spacial score (nSPS) is 19.7. The number of amides is 1. The SMILES string of the molecule is CC(C)c1nnsc1C(=O)N1CCCC(C(N)=S)C1. The van der Waals surface area contributed by atoms with E-state index < -0.39 is 0 Å². The molecule has 104 valence electrons. The van der Waals surface area contributed by atoms with E-state index in [0.717, 1.165) is 25.1 Å². The van der Waals surface area contributed by atoms with Crippen LogP contribution in [0.2, 0.25) is 0 Å². The van der Waals surface area contributed by atoms with Crippen LogP contribution in [0.3, 0.4) is 0 Å². The average Bonchev–Trinajstić information content (AvgIpc) is 2.87. The van der Waals surface area contributed by atoms with E-state index in [1.807, 2.05) is 18.7 Å². The second-order valence-corrected chi connectivity index (χ2v) is 6.36. The van der Waals surface area contributed by atoms with Crippen LogP contribution in [0.15, 0.2) is 0 Å². The molecule has 1 atom stereocenters. The van der Waals surface area contributed by atoms with Crippen molar-refractivity contribution in [3.63, 3.8) is 0 Å². The molecule has 1 fully saturated rings. The summed E-state index contributed by atoms with van der Waals surface area (Å²) in [6.45, 7) is 5.40. The number of hydrogen-bond acceptors (Lipinski definition) is 5. The summed E-state index contributed by atoms with van der Waals surface area (Å²) in [6.07, 6.45) is 1.91. The first-order chi connectivity index (χ1) is 9.00. The molecule has 0 bridgehead atoms. The minimum Gasteiger partial charge on any atom is -0.393 e. The maximum atomic E-state index is 12.5. The lowest BCUT2D eigenvalue weighted by Gasteiger charge is -2.32. The number of carbonyl (C=O) groups excluding carboxylic acids is 1. The van der Waals surface area contributed by atoms with Crippen molar-refractivity contribution in [2.75, 3.05) is 13.1 Å². The Hall–Kier alpha value is -1.08. The summed E-state index contributed by atoms with van der Waals surface area (Å²) in [4.78, 5) is 15.5. The highest BCUT2D eigenvalue weighted by Gasteiger charge is 2.29. The molecule has 2 rings (SSSR count). The number of rotatable bonds is 3.